The summed E-state index contributed by atoms with van der Waals surface area (Å²) in [4.78, 5) is 0. The van der Waals surface area contributed by atoms with Gasteiger partial charge in [-0.15, -0.1) is 12.3 Å². The first-order valence-corrected chi connectivity index (χ1v) is 6.00. The zero-order valence-corrected chi connectivity index (χ0v) is 9.96. The van der Waals surface area contributed by atoms with Crippen LogP contribution in [0.2, 0.25) is 0 Å². The SMILES string of the molecule is C#CCCCOCOCCCCCCC. The highest BCUT2D eigenvalue weighted by molar-refractivity contribution is 4.82. The number of terminal acetylenes is 1. The molecule has 0 unspecified atom stereocenters. The summed E-state index contributed by atoms with van der Waals surface area (Å²) >= 11 is 0. The first-order valence-electron chi connectivity index (χ1n) is 6.00. The maximum Gasteiger partial charge on any atom is 0.146 e. The number of unbranched alkanes of at least 4 members (excludes halogenated alkanes) is 5. The number of hydrogen-bond donors (Lipinski definition) is 0. The van der Waals surface area contributed by atoms with Crippen LogP contribution in [0.4, 0.5) is 0 Å². The van der Waals surface area contributed by atoms with Crippen molar-refractivity contribution in [2.24, 2.45) is 0 Å². The molecule has 0 fully saturated rings. The van der Waals surface area contributed by atoms with Crippen molar-refractivity contribution in [3.8, 4) is 12.3 Å². The third-order valence-electron chi connectivity index (χ3n) is 2.17. The van der Waals surface area contributed by atoms with Crippen molar-refractivity contribution in [2.75, 3.05) is 20.0 Å². The Hall–Kier alpha value is -0.520. The van der Waals surface area contributed by atoms with Gasteiger partial charge in [-0.05, 0) is 12.8 Å². The summed E-state index contributed by atoms with van der Waals surface area (Å²) < 4.78 is 10.6. The minimum Gasteiger partial charge on any atom is -0.355 e. The highest BCUT2D eigenvalue weighted by Crippen LogP contribution is 2.02. The van der Waals surface area contributed by atoms with E-state index in [4.69, 9.17) is 15.9 Å². The molecule has 0 bridgehead atoms. The van der Waals surface area contributed by atoms with Crippen LogP contribution in [0, 0.1) is 12.3 Å². The van der Waals surface area contributed by atoms with Gasteiger partial charge in [-0.2, -0.15) is 0 Å². The Morgan fingerprint density at radius 1 is 0.933 bits per heavy atom. The zero-order chi connectivity index (χ0) is 11.2. The minimum atomic E-state index is 0.415. The lowest BCUT2D eigenvalue weighted by molar-refractivity contribution is -0.0549. The molecular weight excluding hydrogens is 188 g/mol. The number of ether oxygens (including phenoxy) is 2. The van der Waals surface area contributed by atoms with Crippen molar-refractivity contribution >= 4 is 0 Å². The molecule has 15 heavy (non-hydrogen) atoms. The van der Waals surface area contributed by atoms with Crippen molar-refractivity contribution in [2.45, 2.75) is 51.9 Å². The summed E-state index contributed by atoms with van der Waals surface area (Å²) in [5.74, 6) is 2.58. The summed E-state index contributed by atoms with van der Waals surface area (Å²) in [6, 6.07) is 0. The van der Waals surface area contributed by atoms with E-state index < -0.39 is 0 Å². The second-order valence-electron chi connectivity index (χ2n) is 3.66. The van der Waals surface area contributed by atoms with E-state index in [1.54, 1.807) is 0 Å². The Bertz CT molecular complexity index is 149. The molecule has 0 spiro atoms. The fourth-order valence-corrected chi connectivity index (χ4v) is 1.26. The Balaban J connectivity index is 2.84. The molecule has 0 aliphatic heterocycles. The predicted octanol–water partition coefficient (Wildman–Crippen LogP) is 3.36. The van der Waals surface area contributed by atoms with Crippen molar-refractivity contribution in [3.05, 3.63) is 0 Å². The van der Waals surface area contributed by atoms with Crippen molar-refractivity contribution in [3.63, 3.8) is 0 Å². The molecule has 0 radical (unpaired) electrons. The Labute approximate surface area is 94.3 Å². The third-order valence-corrected chi connectivity index (χ3v) is 2.17. The monoisotopic (exact) mass is 212 g/mol. The van der Waals surface area contributed by atoms with Crippen LogP contribution in [-0.4, -0.2) is 20.0 Å². The van der Waals surface area contributed by atoms with Gasteiger partial charge < -0.3 is 9.47 Å². The molecule has 0 aromatic carbocycles. The second-order valence-corrected chi connectivity index (χ2v) is 3.66. The minimum absolute atomic E-state index is 0.415. The molecule has 0 N–H and O–H groups in total. The summed E-state index contributed by atoms with van der Waals surface area (Å²) in [5, 5.41) is 0. The van der Waals surface area contributed by atoms with Crippen LogP contribution in [0.5, 0.6) is 0 Å². The quantitative estimate of drug-likeness (QED) is 0.297. The average Bonchev–Trinajstić information content (AvgIpc) is 2.26. The van der Waals surface area contributed by atoms with Crippen molar-refractivity contribution < 1.29 is 9.47 Å². The molecule has 0 aliphatic carbocycles. The van der Waals surface area contributed by atoms with Crippen LogP contribution >= 0.6 is 0 Å². The first-order chi connectivity index (χ1) is 7.41. The van der Waals surface area contributed by atoms with E-state index in [1.807, 2.05) is 0 Å². The fourth-order valence-electron chi connectivity index (χ4n) is 1.26. The van der Waals surface area contributed by atoms with Crippen LogP contribution in [0.3, 0.4) is 0 Å². The highest BCUT2D eigenvalue weighted by atomic mass is 16.7. The molecule has 2 heteroatoms. The highest BCUT2D eigenvalue weighted by Gasteiger charge is 1.90. The number of hydrogen-bond acceptors (Lipinski definition) is 2. The summed E-state index contributed by atoms with van der Waals surface area (Å²) in [6.07, 6.45) is 13.2. The molecule has 0 heterocycles. The van der Waals surface area contributed by atoms with Gasteiger partial charge in [-0.1, -0.05) is 32.6 Å². The molecule has 2 nitrogen and oxygen atoms in total. The molecule has 0 rings (SSSR count). The first kappa shape index (κ1) is 14.5. The van der Waals surface area contributed by atoms with Crippen molar-refractivity contribution in [1.82, 2.24) is 0 Å². The van der Waals surface area contributed by atoms with Gasteiger partial charge in [0.15, 0.2) is 0 Å². The molecule has 88 valence electrons. The van der Waals surface area contributed by atoms with E-state index in [-0.39, 0.29) is 0 Å². The van der Waals surface area contributed by atoms with Gasteiger partial charge in [0.1, 0.15) is 6.79 Å². The molecule has 0 aromatic heterocycles. The summed E-state index contributed by atoms with van der Waals surface area (Å²) in [5.41, 5.74) is 0. The Morgan fingerprint density at radius 2 is 1.60 bits per heavy atom. The maximum absolute atomic E-state index is 5.32. The van der Waals surface area contributed by atoms with Crippen molar-refractivity contribution in [1.29, 1.82) is 0 Å². The topological polar surface area (TPSA) is 18.5 Å². The molecule has 0 aliphatic rings. The van der Waals surface area contributed by atoms with Crippen LogP contribution in [-0.2, 0) is 9.47 Å². The average molecular weight is 212 g/mol. The lowest BCUT2D eigenvalue weighted by atomic mass is 10.2. The lowest BCUT2D eigenvalue weighted by Crippen LogP contribution is -2.02. The summed E-state index contributed by atoms with van der Waals surface area (Å²) in [6.45, 7) is 4.16. The van der Waals surface area contributed by atoms with Gasteiger partial charge in [0.25, 0.3) is 0 Å². The lowest BCUT2D eigenvalue weighted by Gasteiger charge is -2.04. The van der Waals surface area contributed by atoms with Gasteiger partial charge in [-0.3, -0.25) is 0 Å². The molecule has 0 saturated carbocycles. The fraction of sp³-hybridized carbons (Fsp3) is 0.846. The molecular formula is C13H24O2. The van der Waals surface area contributed by atoms with E-state index >= 15 is 0 Å². The van der Waals surface area contributed by atoms with Gasteiger partial charge in [0, 0.05) is 13.0 Å². The Morgan fingerprint density at radius 3 is 2.27 bits per heavy atom. The largest absolute Gasteiger partial charge is 0.355 e. The Kier molecular flexibility index (Phi) is 13.0. The second kappa shape index (κ2) is 13.5. The van der Waals surface area contributed by atoms with Crippen LogP contribution in [0.15, 0.2) is 0 Å². The summed E-state index contributed by atoms with van der Waals surface area (Å²) in [7, 11) is 0. The maximum atomic E-state index is 5.32. The zero-order valence-electron chi connectivity index (χ0n) is 9.96. The number of rotatable bonds is 11. The molecule has 0 atom stereocenters. The third kappa shape index (κ3) is 13.5. The van der Waals surface area contributed by atoms with Gasteiger partial charge in [0.05, 0.1) is 6.61 Å². The predicted molar refractivity (Wildman–Crippen MR) is 63.6 cm³/mol. The van der Waals surface area contributed by atoms with Gasteiger partial charge in [-0.25, -0.2) is 0 Å². The van der Waals surface area contributed by atoms with E-state index in [9.17, 15) is 0 Å². The van der Waals surface area contributed by atoms with Crippen LogP contribution in [0.1, 0.15) is 51.9 Å². The van der Waals surface area contributed by atoms with E-state index in [0.29, 0.717) is 13.4 Å². The van der Waals surface area contributed by atoms with Gasteiger partial charge >= 0.3 is 0 Å². The van der Waals surface area contributed by atoms with Crippen LogP contribution in [0.25, 0.3) is 0 Å². The molecule has 0 amide bonds. The van der Waals surface area contributed by atoms with E-state index in [0.717, 1.165) is 25.9 Å². The molecule has 0 aromatic rings. The smallest absolute Gasteiger partial charge is 0.146 e. The van der Waals surface area contributed by atoms with Gasteiger partial charge in [0.2, 0.25) is 0 Å². The van der Waals surface area contributed by atoms with E-state index in [2.05, 4.69) is 12.8 Å². The van der Waals surface area contributed by atoms with E-state index in [1.165, 1.54) is 25.7 Å². The normalized spacial score (nSPS) is 10.1. The molecule has 0 saturated heterocycles. The van der Waals surface area contributed by atoms with Crippen LogP contribution < -0.4 is 0 Å². The standard InChI is InChI=1S/C13H24O2/c1-3-5-7-8-10-12-15-13-14-11-9-6-4-2/h2H,3,5-13H2,1H3.